The van der Waals surface area contributed by atoms with Gasteiger partial charge in [-0.05, 0) is 26.4 Å². The third kappa shape index (κ3) is 2.52. The van der Waals surface area contributed by atoms with Gasteiger partial charge in [-0.3, -0.25) is 9.59 Å². The molecule has 0 aromatic rings. The van der Waals surface area contributed by atoms with Gasteiger partial charge in [0.25, 0.3) is 5.91 Å². The minimum atomic E-state index is -0.416. The highest BCUT2D eigenvalue weighted by molar-refractivity contribution is 6.23. The zero-order valence-corrected chi connectivity index (χ0v) is 8.19. The third-order valence-corrected chi connectivity index (χ3v) is 2.60. The Morgan fingerprint density at radius 2 is 2.31 bits per heavy atom. The number of rotatable bonds is 2. The number of hydrogen-bond acceptors (Lipinski definition) is 3. The molecule has 0 saturated carbocycles. The molecule has 1 aliphatic rings. The number of likely N-dealkylation sites (N-methyl/N-ethyl adjacent to an activating group) is 2. The number of piperidine rings is 1. The summed E-state index contributed by atoms with van der Waals surface area (Å²) in [6.07, 6.45) is 2.48. The van der Waals surface area contributed by atoms with Crippen molar-refractivity contribution in [2.24, 2.45) is 0 Å². The van der Waals surface area contributed by atoms with Crippen LogP contribution in [0.4, 0.5) is 0 Å². The summed E-state index contributed by atoms with van der Waals surface area (Å²) >= 11 is 0. The van der Waals surface area contributed by atoms with Crippen LogP contribution in [-0.4, -0.2) is 55.2 Å². The summed E-state index contributed by atoms with van der Waals surface area (Å²) in [5.41, 5.74) is 0. The van der Waals surface area contributed by atoms with Gasteiger partial charge in [0.2, 0.25) is 6.29 Å². The van der Waals surface area contributed by atoms with Gasteiger partial charge >= 0.3 is 0 Å². The van der Waals surface area contributed by atoms with Gasteiger partial charge in [-0.2, -0.15) is 0 Å². The molecule has 4 heteroatoms. The standard InChI is InChI=1S/C9H16N2O2/c1-10-5-3-4-8(6-10)11(2)9(13)7-12/h7-8H,3-6H2,1-2H3. The first-order chi connectivity index (χ1) is 6.15. The Morgan fingerprint density at radius 1 is 1.62 bits per heavy atom. The van der Waals surface area contributed by atoms with Crippen molar-refractivity contribution in [3.63, 3.8) is 0 Å². The molecule has 1 saturated heterocycles. The number of amides is 1. The largest absolute Gasteiger partial charge is 0.335 e. The fourth-order valence-electron chi connectivity index (χ4n) is 1.72. The molecule has 13 heavy (non-hydrogen) atoms. The van der Waals surface area contributed by atoms with E-state index < -0.39 is 5.91 Å². The second kappa shape index (κ2) is 4.37. The lowest BCUT2D eigenvalue weighted by Crippen LogP contribution is -2.47. The Hall–Kier alpha value is -0.900. The highest BCUT2D eigenvalue weighted by Crippen LogP contribution is 2.12. The fraction of sp³-hybridized carbons (Fsp3) is 0.778. The number of likely N-dealkylation sites (tertiary alicyclic amines) is 1. The SMILES string of the molecule is CN1CCCC(N(C)C(=O)C=O)C1. The van der Waals surface area contributed by atoms with Crippen LogP contribution < -0.4 is 0 Å². The summed E-state index contributed by atoms with van der Waals surface area (Å²) in [6, 6.07) is 0.205. The average molecular weight is 184 g/mol. The Morgan fingerprint density at radius 3 is 2.85 bits per heavy atom. The van der Waals surface area contributed by atoms with E-state index in [0.717, 1.165) is 25.9 Å². The topological polar surface area (TPSA) is 40.6 Å². The van der Waals surface area contributed by atoms with Crippen LogP contribution in [0.25, 0.3) is 0 Å². The van der Waals surface area contributed by atoms with Gasteiger partial charge in [0.05, 0.1) is 0 Å². The predicted octanol–water partition coefficient (Wildman–Crippen LogP) is -0.262. The molecule has 1 aliphatic heterocycles. The molecule has 0 N–H and O–H groups in total. The van der Waals surface area contributed by atoms with E-state index in [4.69, 9.17) is 0 Å². The van der Waals surface area contributed by atoms with Gasteiger partial charge in [0.15, 0.2) is 0 Å². The van der Waals surface area contributed by atoms with Gasteiger partial charge in [-0.1, -0.05) is 0 Å². The Kier molecular flexibility index (Phi) is 3.42. The molecule has 1 amide bonds. The molecule has 1 heterocycles. The van der Waals surface area contributed by atoms with Crippen molar-refractivity contribution in [1.29, 1.82) is 0 Å². The third-order valence-electron chi connectivity index (χ3n) is 2.60. The number of hydrogen-bond donors (Lipinski definition) is 0. The molecule has 0 spiro atoms. The van der Waals surface area contributed by atoms with E-state index in [2.05, 4.69) is 4.90 Å². The molecule has 1 atom stereocenters. The molecule has 74 valence electrons. The predicted molar refractivity (Wildman–Crippen MR) is 49.4 cm³/mol. The van der Waals surface area contributed by atoms with E-state index in [0.29, 0.717) is 6.29 Å². The van der Waals surface area contributed by atoms with Crippen LogP contribution in [0.3, 0.4) is 0 Å². The Labute approximate surface area is 78.5 Å². The van der Waals surface area contributed by atoms with Crippen LogP contribution >= 0.6 is 0 Å². The Bertz CT molecular complexity index is 206. The second-order valence-electron chi connectivity index (χ2n) is 3.63. The minimum Gasteiger partial charge on any atom is -0.335 e. The molecular formula is C9H16N2O2. The lowest BCUT2D eigenvalue weighted by molar-refractivity contribution is -0.140. The molecule has 0 aromatic heterocycles. The molecule has 4 nitrogen and oxygen atoms in total. The summed E-state index contributed by atoms with van der Waals surface area (Å²) in [5, 5.41) is 0. The quantitative estimate of drug-likeness (QED) is 0.438. The maximum absolute atomic E-state index is 11.1. The molecule has 1 rings (SSSR count). The van der Waals surface area contributed by atoms with Crippen molar-refractivity contribution in [1.82, 2.24) is 9.80 Å². The smallest absolute Gasteiger partial charge is 0.286 e. The van der Waals surface area contributed by atoms with Gasteiger partial charge in [-0.15, -0.1) is 0 Å². The average Bonchev–Trinajstić information content (AvgIpc) is 2.15. The highest BCUT2D eigenvalue weighted by Gasteiger charge is 2.23. The number of aldehydes is 1. The molecule has 1 unspecified atom stereocenters. The molecule has 0 aromatic carbocycles. The Balaban J connectivity index is 2.50. The van der Waals surface area contributed by atoms with Crippen LogP contribution in [-0.2, 0) is 9.59 Å². The summed E-state index contributed by atoms with van der Waals surface area (Å²) in [5.74, 6) is -0.416. The maximum Gasteiger partial charge on any atom is 0.286 e. The number of carbonyl (C=O) groups excluding carboxylic acids is 2. The second-order valence-corrected chi connectivity index (χ2v) is 3.63. The summed E-state index contributed by atoms with van der Waals surface area (Å²) in [4.78, 5) is 25.1. The number of nitrogens with zero attached hydrogens (tertiary/aromatic N) is 2. The lowest BCUT2D eigenvalue weighted by Gasteiger charge is -2.34. The van der Waals surface area contributed by atoms with Crippen molar-refractivity contribution in [2.45, 2.75) is 18.9 Å². The highest BCUT2D eigenvalue weighted by atomic mass is 16.2. The monoisotopic (exact) mass is 184 g/mol. The zero-order chi connectivity index (χ0) is 9.84. The number of carbonyl (C=O) groups is 2. The van der Waals surface area contributed by atoms with Crippen LogP contribution in [0.15, 0.2) is 0 Å². The van der Waals surface area contributed by atoms with E-state index in [1.807, 2.05) is 7.05 Å². The zero-order valence-electron chi connectivity index (χ0n) is 8.19. The van der Waals surface area contributed by atoms with Gasteiger partial charge in [-0.25, -0.2) is 0 Å². The normalized spacial score (nSPS) is 24.0. The van der Waals surface area contributed by atoms with Crippen molar-refractivity contribution in [3.8, 4) is 0 Å². The van der Waals surface area contributed by atoms with Crippen molar-refractivity contribution in [3.05, 3.63) is 0 Å². The van der Waals surface area contributed by atoms with E-state index in [1.165, 1.54) is 0 Å². The van der Waals surface area contributed by atoms with E-state index >= 15 is 0 Å². The summed E-state index contributed by atoms with van der Waals surface area (Å²) < 4.78 is 0. The van der Waals surface area contributed by atoms with Crippen molar-refractivity contribution >= 4 is 12.2 Å². The van der Waals surface area contributed by atoms with Crippen molar-refractivity contribution < 1.29 is 9.59 Å². The summed E-state index contributed by atoms with van der Waals surface area (Å²) in [7, 11) is 3.73. The molecule has 0 bridgehead atoms. The lowest BCUT2D eigenvalue weighted by atomic mass is 10.1. The first-order valence-electron chi connectivity index (χ1n) is 4.55. The molecule has 0 radical (unpaired) electrons. The van der Waals surface area contributed by atoms with Crippen molar-refractivity contribution in [2.75, 3.05) is 27.2 Å². The first-order valence-corrected chi connectivity index (χ1v) is 4.55. The van der Waals surface area contributed by atoms with Crippen LogP contribution in [0.1, 0.15) is 12.8 Å². The van der Waals surface area contributed by atoms with Gasteiger partial charge in [0, 0.05) is 19.6 Å². The van der Waals surface area contributed by atoms with Gasteiger partial charge in [0.1, 0.15) is 0 Å². The van der Waals surface area contributed by atoms with Crippen LogP contribution in [0.2, 0.25) is 0 Å². The molecule has 1 fully saturated rings. The molecule has 0 aliphatic carbocycles. The summed E-state index contributed by atoms with van der Waals surface area (Å²) in [6.45, 7) is 1.95. The van der Waals surface area contributed by atoms with E-state index in [9.17, 15) is 9.59 Å². The minimum absolute atomic E-state index is 0.205. The van der Waals surface area contributed by atoms with E-state index in [1.54, 1.807) is 11.9 Å². The van der Waals surface area contributed by atoms with Crippen LogP contribution in [0, 0.1) is 0 Å². The van der Waals surface area contributed by atoms with Gasteiger partial charge < -0.3 is 9.80 Å². The van der Waals surface area contributed by atoms with Crippen LogP contribution in [0.5, 0.6) is 0 Å². The maximum atomic E-state index is 11.1. The molecular weight excluding hydrogens is 168 g/mol. The van der Waals surface area contributed by atoms with E-state index in [-0.39, 0.29) is 6.04 Å². The first kappa shape index (κ1) is 10.2. The fourth-order valence-corrected chi connectivity index (χ4v) is 1.72.